The number of hydrogen-bond donors (Lipinski definition) is 1. The number of hydrogen-bond acceptors (Lipinski definition) is 2. The van der Waals surface area contributed by atoms with E-state index in [9.17, 15) is 0 Å². The molecule has 1 N–H and O–H groups in total. The Hall–Kier alpha value is -1.64. The molecule has 124 valence electrons. The van der Waals surface area contributed by atoms with Crippen molar-refractivity contribution in [2.24, 2.45) is 0 Å². The van der Waals surface area contributed by atoms with Crippen LogP contribution in [-0.4, -0.2) is 13.6 Å². The molecule has 23 heavy (non-hydrogen) atoms. The molecule has 0 bridgehead atoms. The van der Waals surface area contributed by atoms with Crippen LogP contribution >= 0.6 is 0 Å². The Bertz CT molecular complexity index is 550. The van der Waals surface area contributed by atoms with Crippen molar-refractivity contribution in [2.45, 2.75) is 45.3 Å². The van der Waals surface area contributed by atoms with Gasteiger partial charge >= 0.3 is 0 Å². The van der Waals surface area contributed by atoms with E-state index in [0.717, 1.165) is 13.0 Å². The minimum Gasteiger partial charge on any atom is -0.369 e. The summed E-state index contributed by atoms with van der Waals surface area (Å²) in [5.74, 6) is 0.623. The van der Waals surface area contributed by atoms with E-state index in [1.54, 1.807) is 0 Å². The second-order valence-corrected chi connectivity index (χ2v) is 6.15. The van der Waals surface area contributed by atoms with Gasteiger partial charge in [-0.1, -0.05) is 68.4 Å². The second-order valence-electron chi connectivity index (χ2n) is 6.15. The van der Waals surface area contributed by atoms with Gasteiger partial charge in [0.25, 0.3) is 0 Å². The summed E-state index contributed by atoms with van der Waals surface area (Å²) in [6, 6.07) is 19.3. The largest absolute Gasteiger partial charge is 0.369 e. The zero-order valence-electron chi connectivity index (χ0n) is 14.6. The molecule has 2 aromatic rings. The van der Waals surface area contributed by atoms with Gasteiger partial charge in [0, 0.05) is 0 Å². The van der Waals surface area contributed by atoms with E-state index in [1.807, 2.05) is 13.1 Å². The van der Waals surface area contributed by atoms with Gasteiger partial charge in [0.1, 0.15) is 0 Å². The van der Waals surface area contributed by atoms with Crippen molar-refractivity contribution < 1.29 is 4.74 Å². The average Bonchev–Trinajstić information content (AvgIpc) is 2.62. The Kier molecular flexibility index (Phi) is 7.31. The van der Waals surface area contributed by atoms with Crippen molar-refractivity contribution in [2.75, 3.05) is 13.6 Å². The van der Waals surface area contributed by atoms with Gasteiger partial charge in [0.15, 0.2) is 0 Å². The molecule has 0 saturated heterocycles. The minimum absolute atomic E-state index is 0.137. The summed E-state index contributed by atoms with van der Waals surface area (Å²) in [6.45, 7) is 6.11. The monoisotopic (exact) mass is 311 g/mol. The fraction of sp³-hybridized carbons (Fsp3) is 0.429. The maximum atomic E-state index is 6.20. The van der Waals surface area contributed by atoms with Crippen molar-refractivity contribution in [3.63, 3.8) is 0 Å². The van der Waals surface area contributed by atoms with Crippen LogP contribution < -0.4 is 5.32 Å². The van der Waals surface area contributed by atoms with E-state index in [2.05, 4.69) is 67.7 Å². The zero-order valence-corrected chi connectivity index (χ0v) is 14.6. The SMILES string of the molecule is CCC(C)c1ccc(COC(CCNC)c2ccccc2)cc1. The molecule has 0 amide bonds. The van der Waals surface area contributed by atoms with Crippen LogP contribution in [-0.2, 0) is 11.3 Å². The maximum absolute atomic E-state index is 6.20. The lowest BCUT2D eigenvalue weighted by Gasteiger charge is -2.19. The van der Waals surface area contributed by atoms with Crippen LogP contribution in [0.1, 0.15) is 55.4 Å². The Morgan fingerprint density at radius 2 is 1.65 bits per heavy atom. The van der Waals surface area contributed by atoms with E-state index in [4.69, 9.17) is 4.74 Å². The highest BCUT2D eigenvalue weighted by atomic mass is 16.5. The summed E-state index contributed by atoms with van der Waals surface area (Å²) in [4.78, 5) is 0. The van der Waals surface area contributed by atoms with Crippen LogP contribution in [0.15, 0.2) is 54.6 Å². The molecule has 0 spiro atoms. The van der Waals surface area contributed by atoms with Gasteiger partial charge in [-0.25, -0.2) is 0 Å². The van der Waals surface area contributed by atoms with Crippen LogP contribution in [0.4, 0.5) is 0 Å². The molecule has 2 unspecified atom stereocenters. The zero-order chi connectivity index (χ0) is 16.5. The van der Waals surface area contributed by atoms with Crippen LogP contribution in [0.25, 0.3) is 0 Å². The smallest absolute Gasteiger partial charge is 0.0841 e. The Labute approximate surface area is 140 Å². The van der Waals surface area contributed by atoms with Crippen molar-refractivity contribution in [1.29, 1.82) is 0 Å². The average molecular weight is 311 g/mol. The quantitative estimate of drug-likeness (QED) is 0.698. The highest BCUT2D eigenvalue weighted by molar-refractivity contribution is 5.25. The predicted octanol–water partition coefficient (Wildman–Crippen LogP) is 5.07. The minimum atomic E-state index is 0.137. The van der Waals surface area contributed by atoms with Crippen LogP contribution in [0.5, 0.6) is 0 Å². The van der Waals surface area contributed by atoms with E-state index in [1.165, 1.54) is 23.1 Å². The number of rotatable bonds is 9. The third-order valence-corrected chi connectivity index (χ3v) is 4.44. The molecule has 2 rings (SSSR count). The lowest BCUT2D eigenvalue weighted by Crippen LogP contribution is -2.14. The predicted molar refractivity (Wildman–Crippen MR) is 97.7 cm³/mol. The standard InChI is InChI=1S/C21H29NO/c1-4-17(2)19-12-10-18(11-13-19)16-23-21(14-15-22-3)20-8-6-5-7-9-20/h5-13,17,21-22H,4,14-16H2,1-3H3. The molecule has 0 aliphatic heterocycles. The second kappa shape index (κ2) is 9.49. The first-order valence-corrected chi connectivity index (χ1v) is 8.64. The van der Waals surface area contributed by atoms with Crippen molar-refractivity contribution in [3.8, 4) is 0 Å². The van der Waals surface area contributed by atoms with Gasteiger partial charge in [-0.15, -0.1) is 0 Å². The molecule has 0 saturated carbocycles. The summed E-state index contributed by atoms with van der Waals surface area (Å²) in [5.41, 5.74) is 3.90. The molecule has 0 aliphatic rings. The lowest BCUT2D eigenvalue weighted by atomic mass is 9.98. The first-order chi connectivity index (χ1) is 11.2. The fourth-order valence-corrected chi connectivity index (χ4v) is 2.66. The maximum Gasteiger partial charge on any atom is 0.0841 e. The first-order valence-electron chi connectivity index (χ1n) is 8.64. The summed E-state index contributed by atoms with van der Waals surface area (Å²) in [6.07, 6.45) is 2.29. The lowest BCUT2D eigenvalue weighted by molar-refractivity contribution is 0.0344. The third kappa shape index (κ3) is 5.49. The highest BCUT2D eigenvalue weighted by Gasteiger charge is 2.11. The summed E-state index contributed by atoms with van der Waals surface area (Å²) in [5, 5.41) is 3.21. The molecular weight excluding hydrogens is 282 g/mol. The molecule has 0 radical (unpaired) electrons. The molecule has 0 heterocycles. The third-order valence-electron chi connectivity index (χ3n) is 4.44. The topological polar surface area (TPSA) is 21.3 Å². The number of benzene rings is 2. The van der Waals surface area contributed by atoms with E-state index in [-0.39, 0.29) is 6.10 Å². The fourth-order valence-electron chi connectivity index (χ4n) is 2.66. The Balaban J connectivity index is 1.97. The van der Waals surface area contributed by atoms with Crippen molar-refractivity contribution in [3.05, 3.63) is 71.3 Å². The highest BCUT2D eigenvalue weighted by Crippen LogP contribution is 2.23. The Morgan fingerprint density at radius 1 is 0.957 bits per heavy atom. The van der Waals surface area contributed by atoms with Crippen LogP contribution in [0.2, 0.25) is 0 Å². The molecular formula is C21H29NO. The number of nitrogens with one attached hydrogen (secondary N) is 1. The number of ether oxygens (including phenoxy) is 1. The van der Waals surface area contributed by atoms with Gasteiger partial charge in [-0.3, -0.25) is 0 Å². The van der Waals surface area contributed by atoms with Crippen LogP contribution in [0.3, 0.4) is 0 Å². The van der Waals surface area contributed by atoms with Gasteiger partial charge < -0.3 is 10.1 Å². The van der Waals surface area contributed by atoms with E-state index < -0.39 is 0 Å². The van der Waals surface area contributed by atoms with Crippen molar-refractivity contribution >= 4 is 0 Å². The molecule has 0 fully saturated rings. The summed E-state index contributed by atoms with van der Waals surface area (Å²) in [7, 11) is 1.98. The van der Waals surface area contributed by atoms with E-state index >= 15 is 0 Å². The molecule has 2 heteroatoms. The molecule has 2 atom stereocenters. The van der Waals surface area contributed by atoms with Crippen LogP contribution in [0, 0.1) is 0 Å². The van der Waals surface area contributed by atoms with Gasteiger partial charge in [0.05, 0.1) is 12.7 Å². The van der Waals surface area contributed by atoms with Crippen molar-refractivity contribution in [1.82, 2.24) is 5.32 Å². The molecule has 2 aromatic carbocycles. The summed E-state index contributed by atoms with van der Waals surface area (Å²) >= 11 is 0. The van der Waals surface area contributed by atoms with Gasteiger partial charge in [0.2, 0.25) is 0 Å². The molecule has 0 aromatic heterocycles. The van der Waals surface area contributed by atoms with Gasteiger partial charge in [-0.2, -0.15) is 0 Å². The Morgan fingerprint density at radius 3 is 2.26 bits per heavy atom. The first kappa shape index (κ1) is 17.7. The summed E-state index contributed by atoms with van der Waals surface area (Å²) < 4.78 is 6.20. The molecule has 2 nitrogen and oxygen atoms in total. The van der Waals surface area contributed by atoms with E-state index in [0.29, 0.717) is 12.5 Å². The normalized spacial score (nSPS) is 13.7. The molecule has 0 aliphatic carbocycles. The van der Waals surface area contributed by atoms with Gasteiger partial charge in [-0.05, 0) is 49.0 Å².